The van der Waals surface area contributed by atoms with Crippen LogP contribution in [0.5, 0.6) is 0 Å². The fraction of sp³-hybridized carbons (Fsp3) is 0.650. The molecule has 1 aromatic heterocycles. The van der Waals surface area contributed by atoms with Crippen molar-refractivity contribution in [2.24, 2.45) is 5.41 Å². The highest BCUT2D eigenvalue weighted by Crippen LogP contribution is 2.49. The van der Waals surface area contributed by atoms with E-state index in [2.05, 4.69) is 9.88 Å². The summed E-state index contributed by atoms with van der Waals surface area (Å²) in [4.78, 5) is 36.7. The number of likely N-dealkylation sites (tertiary alicyclic amines) is 1. The molecule has 1 aliphatic carbocycles. The summed E-state index contributed by atoms with van der Waals surface area (Å²) in [5.41, 5.74) is -0.739. The number of nitrogens with zero attached hydrogens (tertiary/aromatic N) is 4. The SMILES string of the molecule is O=C(N1CCCCCC1)C1(C(=O)N2CCN(c3ccccn3)CC2)CC1. The molecule has 0 bridgehead atoms. The Hall–Kier alpha value is -2.11. The number of piperazine rings is 1. The van der Waals surface area contributed by atoms with Gasteiger partial charge in [-0.1, -0.05) is 18.9 Å². The molecule has 2 amide bonds. The minimum absolute atomic E-state index is 0.0624. The van der Waals surface area contributed by atoms with E-state index in [-0.39, 0.29) is 11.8 Å². The van der Waals surface area contributed by atoms with Gasteiger partial charge in [-0.3, -0.25) is 9.59 Å². The summed E-state index contributed by atoms with van der Waals surface area (Å²) in [5.74, 6) is 1.12. The largest absolute Gasteiger partial charge is 0.353 e. The van der Waals surface area contributed by atoms with Crippen LogP contribution in [0.2, 0.25) is 0 Å². The van der Waals surface area contributed by atoms with Crippen molar-refractivity contribution in [2.75, 3.05) is 44.2 Å². The zero-order valence-electron chi connectivity index (χ0n) is 15.4. The van der Waals surface area contributed by atoms with Crippen molar-refractivity contribution in [2.45, 2.75) is 38.5 Å². The highest BCUT2D eigenvalue weighted by atomic mass is 16.2. The lowest BCUT2D eigenvalue weighted by Crippen LogP contribution is -2.54. The number of carbonyl (C=O) groups is 2. The lowest BCUT2D eigenvalue weighted by molar-refractivity contribution is -0.149. The van der Waals surface area contributed by atoms with Crippen LogP contribution in [-0.2, 0) is 9.59 Å². The molecule has 0 aromatic carbocycles. The van der Waals surface area contributed by atoms with Crippen LogP contribution in [0, 0.1) is 5.41 Å². The Balaban J connectivity index is 1.38. The van der Waals surface area contributed by atoms with E-state index < -0.39 is 5.41 Å². The van der Waals surface area contributed by atoms with Crippen LogP contribution in [0.15, 0.2) is 24.4 Å². The molecule has 0 unspecified atom stereocenters. The van der Waals surface area contributed by atoms with Crippen molar-refractivity contribution >= 4 is 17.6 Å². The summed E-state index contributed by atoms with van der Waals surface area (Å²) in [6.07, 6.45) is 7.77. The number of rotatable bonds is 3. The number of pyridine rings is 1. The second-order valence-electron chi connectivity index (χ2n) is 7.76. The normalized spacial score (nSPS) is 22.7. The molecule has 0 radical (unpaired) electrons. The summed E-state index contributed by atoms with van der Waals surface area (Å²) >= 11 is 0. The summed E-state index contributed by atoms with van der Waals surface area (Å²) in [7, 11) is 0. The third-order valence-corrected chi connectivity index (χ3v) is 6.00. The maximum Gasteiger partial charge on any atom is 0.238 e. The predicted octanol–water partition coefficient (Wildman–Crippen LogP) is 1.91. The second-order valence-corrected chi connectivity index (χ2v) is 7.76. The van der Waals surface area contributed by atoms with Gasteiger partial charge in [0, 0.05) is 45.5 Å². The molecule has 3 heterocycles. The first-order valence-electron chi connectivity index (χ1n) is 9.95. The molecule has 140 valence electrons. The van der Waals surface area contributed by atoms with Gasteiger partial charge in [0.2, 0.25) is 11.8 Å². The quantitative estimate of drug-likeness (QED) is 0.777. The van der Waals surface area contributed by atoms with Gasteiger partial charge in [-0.2, -0.15) is 0 Å². The first kappa shape index (κ1) is 17.3. The zero-order valence-corrected chi connectivity index (χ0v) is 15.4. The van der Waals surface area contributed by atoms with E-state index in [0.29, 0.717) is 13.1 Å². The van der Waals surface area contributed by atoms with Crippen molar-refractivity contribution in [3.05, 3.63) is 24.4 Å². The maximum absolute atomic E-state index is 13.1. The molecular weight excluding hydrogens is 328 g/mol. The van der Waals surface area contributed by atoms with Gasteiger partial charge in [0.05, 0.1) is 0 Å². The molecule has 3 fully saturated rings. The van der Waals surface area contributed by atoms with Crippen LogP contribution < -0.4 is 4.90 Å². The minimum Gasteiger partial charge on any atom is -0.353 e. The lowest BCUT2D eigenvalue weighted by Gasteiger charge is -2.37. The van der Waals surface area contributed by atoms with Gasteiger partial charge in [0.1, 0.15) is 11.2 Å². The molecule has 4 rings (SSSR count). The Morgan fingerprint density at radius 1 is 0.808 bits per heavy atom. The molecule has 26 heavy (non-hydrogen) atoms. The fourth-order valence-electron chi connectivity index (χ4n) is 4.20. The van der Waals surface area contributed by atoms with E-state index >= 15 is 0 Å². The number of amides is 2. The van der Waals surface area contributed by atoms with Crippen LogP contribution in [0.4, 0.5) is 5.82 Å². The fourth-order valence-corrected chi connectivity index (χ4v) is 4.20. The van der Waals surface area contributed by atoms with Gasteiger partial charge in [-0.05, 0) is 37.8 Å². The molecule has 0 atom stereocenters. The number of hydrogen-bond donors (Lipinski definition) is 0. The minimum atomic E-state index is -0.739. The first-order valence-corrected chi connectivity index (χ1v) is 9.95. The van der Waals surface area contributed by atoms with Gasteiger partial charge >= 0.3 is 0 Å². The van der Waals surface area contributed by atoms with E-state index in [0.717, 1.165) is 57.7 Å². The summed E-state index contributed by atoms with van der Waals surface area (Å²) < 4.78 is 0. The molecule has 2 aliphatic heterocycles. The van der Waals surface area contributed by atoms with Gasteiger partial charge in [0.25, 0.3) is 0 Å². The predicted molar refractivity (Wildman–Crippen MR) is 99.7 cm³/mol. The van der Waals surface area contributed by atoms with Gasteiger partial charge in [0.15, 0.2) is 0 Å². The van der Waals surface area contributed by atoms with Gasteiger partial charge < -0.3 is 14.7 Å². The molecule has 0 spiro atoms. The van der Waals surface area contributed by atoms with Crippen LogP contribution in [0.3, 0.4) is 0 Å². The Labute approximate surface area is 155 Å². The molecule has 0 N–H and O–H groups in total. The smallest absolute Gasteiger partial charge is 0.238 e. The number of anilines is 1. The van der Waals surface area contributed by atoms with Crippen molar-refractivity contribution in [1.29, 1.82) is 0 Å². The number of hydrogen-bond acceptors (Lipinski definition) is 4. The maximum atomic E-state index is 13.1. The number of carbonyl (C=O) groups excluding carboxylic acids is 2. The average molecular weight is 356 g/mol. The van der Waals surface area contributed by atoms with Crippen LogP contribution in [0.25, 0.3) is 0 Å². The van der Waals surface area contributed by atoms with Crippen molar-refractivity contribution in [3.8, 4) is 0 Å². The summed E-state index contributed by atoms with van der Waals surface area (Å²) in [6, 6.07) is 5.90. The first-order chi connectivity index (χ1) is 12.7. The molecule has 6 nitrogen and oxygen atoms in total. The second kappa shape index (κ2) is 7.25. The van der Waals surface area contributed by atoms with E-state index in [4.69, 9.17) is 0 Å². The Morgan fingerprint density at radius 3 is 1.96 bits per heavy atom. The number of aromatic nitrogens is 1. The van der Waals surface area contributed by atoms with Crippen LogP contribution in [-0.4, -0.2) is 65.9 Å². The van der Waals surface area contributed by atoms with Crippen LogP contribution in [0.1, 0.15) is 38.5 Å². The third-order valence-electron chi connectivity index (χ3n) is 6.00. The molecule has 2 saturated heterocycles. The molecule has 1 saturated carbocycles. The van der Waals surface area contributed by atoms with E-state index in [1.807, 2.05) is 28.0 Å². The van der Waals surface area contributed by atoms with Crippen molar-refractivity contribution < 1.29 is 9.59 Å². The third kappa shape index (κ3) is 3.29. The average Bonchev–Trinajstić information content (AvgIpc) is 3.53. The van der Waals surface area contributed by atoms with Gasteiger partial charge in [-0.15, -0.1) is 0 Å². The summed E-state index contributed by atoms with van der Waals surface area (Å²) in [6.45, 7) is 4.53. The monoisotopic (exact) mass is 356 g/mol. The summed E-state index contributed by atoms with van der Waals surface area (Å²) in [5, 5.41) is 0. The molecule has 3 aliphatic rings. The van der Waals surface area contributed by atoms with Crippen molar-refractivity contribution in [3.63, 3.8) is 0 Å². The standard InChI is InChI=1S/C20H28N4O2/c25-18(23-11-5-1-2-6-12-23)20(8-9-20)19(26)24-15-13-22(14-16-24)17-7-3-4-10-21-17/h3-4,7,10H,1-2,5-6,8-9,11-16H2. The molecule has 6 heteroatoms. The molecule has 1 aromatic rings. The highest BCUT2D eigenvalue weighted by molar-refractivity contribution is 6.07. The Bertz CT molecular complexity index is 643. The van der Waals surface area contributed by atoms with Crippen LogP contribution >= 0.6 is 0 Å². The van der Waals surface area contributed by atoms with E-state index in [1.54, 1.807) is 6.20 Å². The topological polar surface area (TPSA) is 56.8 Å². The lowest BCUT2D eigenvalue weighted by atomic mass is 10.0. The Kier molecular flexibility index (Phi) is 4.83. The Morgan fingerprint density at radius 2 is 1.42 bits per heavy atom. The highest BCUT2D eigenvalue weighted by Gasteiger charge is 2.59. The van der Waals surface area contributed by atoms with Gasteiger partial charge in [-0.25, -0.2) is 4.98 Å². The van der Waals surface area contributed by atoms with E-state index in [9.17, 15) is 9.59 Å². The van der Waals surface area contributed by atoms with E-state index in [1.165, 1.54) is 12.8 Å². The van der Waals surface area contributed by atoms with Crippen molar-refractivity contribution in [1.82, 2.24) is 14.8 Å². The molecular formula is C20H28N4O2. The zero-order chi connectivity index (χ0) is 18.0.